The number of nitrogens with zero attached hydrogens (tertiary/aromatic N) is 1. The highest BCUT2D eigenvalue weighted by Crippen LogP contribution is 2.33. The van der Waals surface area contributed by atoms with Gasteiger partial charge in [-0.3, -0.25) is 9.69 Å². The molecule has 0 N–H and O–H groups in total. The Balaban J connectivity index is 1.76. The van der Waals surface area contributed by atoms with Crippen molar-refractivity contribution >= 4 is 5.97 Å². The standard InChI is InChI=1S/C16H27NO2/c1-12-8-13(2)15(14(3)9-12)11-19-16(18)10-17-6-4-5-7-17/h8,13-15H,4-7,9-11H2,1-3H3/t13-,14+,15+/m1/s1. The van der Waals surface area contributed by atoms with Crippen molar-refractivity contribution in [3.05, 3.63) is 11.6 Å². The van der Waals surface area contributed by atoms with Crippen molar-refractivity contribution in [1.82, 2.24) is 4.90 Å². The molecule has 0 amide bonds. The second kappa shape index (κ2) is 6.56. The Morgan fingerprint density at radius 2 is 2.05 bits per heavy atom. The van der Waals surface area contributed by atoms with Crippen LogP contribution >= 0.6 is 0 Å². The molecular weight excluding hydrogens is 238 g/mol. The van der Waals surface area contributed by atoms with E-state index in [0.717, 1.165) is 19.5 Å². The Morgan fingerprint density at radius 3 is 2.68 bits per heavy atom. The van der Waals surface area contributed by atoms with Gasteiger partial charge in [0.05, 0.1) is 13.2 Å². The van der Waals surface area contributed by atoms with Gasteiger partial charge in [-0.1, -0.05) is 25.5 Å². The Hall–Kier alpha value is -0.830. The summed E-state index contributed by atoms with van der Waals surface area (Å²) in [5.74, 6) is 1.56. The van der Waals surface area contributed by atoms with Gasteiger partial charge in [0, 0.05) is 5.92 Å². The molecule has 3 heteroatoms. The summed E-state index contributed by atoms with van der Waals surface area (Å²) in [6.07, 6.45) is 5.90. The third kappa shape index (κ3) is 4.07. The van der Waals surface area contributed by atoms with Gasteiger partial charge in [0.2, 0.25) is 0 Å². The van der Waals surface area contributed by atoms with E-state index in [0.29, 0.717) is 30.9 Å². The molecule has 0 bridgehead atoms. The lowest BCUT2D eigenvalue weighted by Crippen LogP contribution is -2.32. The van der Waals surface area contributed by atoms with Crippen LogP contribution in [0.2, 0.25) is 0 Å². The molecular formula is C16H27NO2. The van der Waals surface area contributed by atoms with Crippen LogP contribution in [-0.4, -0.2) is 37.1 Å². The molecule has 2 aliphatic rings. The summed E-state index contributed by atoms with van der Waals surface area (Å²) in [5, 5.41) is 0. The van der Waals surface area contributed by atoms with E-state index in [4.69, 9.17) is 4.74 Å². The molecule has 0 aromatic carbocycles. The molecule has 0 spiro atoms. The molecule has 0 radical (unpaired) electrons. The van der Waals surface area contributed by atoms with Gasteiger partial charge in [0.15, 0.2) is 0 Å². The third-order valence-corrected chi connectivity index (χ3v) is 4.59. The second-order valence-electron chi connectivity index (χ2n) is 6.38. The van der Waals surface area contributed by atoms with Gasteiger partial charge in [-0.25, -0.2) is 0 Å². The highest BCUT2D eigenvalue weighted by atomic mass is 16.5. The van der Waals surface area contributed by atoms with E-state index in [2.05, 4.69) is 31.7 Å². The van der Waals surface area contributed by atoms with Crippen LogP contribution in [0, 0.1) is 17.8 Å². The molecule has 0 saturated carbocycles. The van der Waals surface area contributed by atoms with E-state index in [9.17, 15) is 4.79 Å². The van der Waals surface area contributed by atoms with Crippen LogP contribution in [0.15, 0.2) is 11.6 Å². The summed E-state index contributed by atoms with van der Waals surface area (Å²) in [6.45, 7) is 9.86. The lowest BCUT2D eigenvalue weighted by molar-refractivity contribution is -0.147. The van der Waals surface area contributed by atoms with E-state index in [1.807, 2.05) is 0 Å². The summed E-state index contributed by atoms with van der Waals surface area (Å²) >= 11 is 0. The van der Waals surface area contributed by atoms with Crippen LogP contribution in [0.5, 0.6) is 0 Å². The van der Waals surface area contributed by atoms with E-state index in [1.165, 1.54) is 18.4 Å². The molecule has 1 fully saturated rings. The zero-order valence-electron chi connectivity index (χ0n) is 12.5. The number of carbonyl (C=O) groups is 1. The monoisotopic (exact) mass is 265 g/mol. The summed E-state index contributed by atoms with van der Waals surface area (Å²) in [7, 11) is 0. The summed E-state index contributed by atoms with van der Waals surface area (Å²) in [6, 6.07) is 0. The van der Waals surface area contributed by atoms with Gasteiger partial charge >= 0.3 is 5.97 Å². The smallest absolute Gasteiger partial charge is 0.320 e. The van der Waals surface area contributed by atoms with E-state index >= 15 is 0 Å². The van der Waals surface area contributed by atoms with Gasteiger partial charge in [0.1, 0.15) is 0 Å². The molecule has 0 aromatic heterocycles. The largest absolute Gasteiger partial charge is 0.464 e. The topological polar surface area (TPSA) is 29.5 Å². The zero-order valence-corrected chi connectivity index (χ0v) is 12.5. The minimum absolute atomic E-state index is 0.0485. The number of ether oxygens (including phenoxy) is 1. The maximum atomic E-state index is 11.8. The Kier molecular flexibility index (Phi) is 5.03. The van der Waals surface area contributed by atoms with Crippen LogP contribution in [0.25, 0.3) is 0 Å². The minimum Gasteiger partial charge on any atom is -0.464 e. The fourth-order valence-corrected chi connectivity index (χ4v) is 3.49. The lowest BCUT2D eigenvalue weighted by Gasteiger charge is -2.32. The van der Waals surface area contributed by atoms with Crippen LogP contribution in [-0.2, 0) is 9.53 Å². The van der Waals surface area contributed by atoms with Gasteiger partial charge in [-0.2, -0.15) is 0 Å². The van der Waals surface area contributed by atoms with Crippen LogP contribution in [0.1, 0.15) is 40.0 Å². The van der Waals surface area contributed by atoms with Crippen LogP contribution in [0.4, 0.5) is 0 Å². The molecule has 1 saturated heterocycles. The quantitative estimate of drug-likeness (QED) is 0.578. The van der Waals surface area contributed by atoms with Gasteiger partial charge in [0.25, 0.3) is 0 Å². The molecule has 0 aromatic rings. The number of hydrogen-bond donors (Lipinski definition) is 0. The maximum Gasteiger partial charge on any atom is 0.320 e. The predicted octanol–water partition coefficient (Wildman–Crippen LogP) is 2.86. The first-order valence-corrected chi connectivity index (χ1v) is 7.61. The normalized spacial score (nSPS) is 32.2. The van der Waals surface area contributed by atoms with E-state index in [-0.39, 0.29) is 5.97 Å². The maximum absolute atomic E-state index is 11.8. The highest BCUT2D eigenvalue weighted by molar-refractivity contribution is 5.71. The van der Waals surface area contributed by atoms with Gasteiger partial charge < -0.3 is 4.74 Å². The highest BCUT2D eigenvalue weighted by Gasteiger charge is 2.28. The first kappa shape index (κ1) is 14.6. The SMILES string of the molecule is CC1=C[C@@H](C)[C@H](COC(=O)CN2CCCC2)[C@@H](C)C1. The zero-order chi connectivity index (χ0) is 13.8. The first-order valence-electron chi connectivity index (χ1n) is 7.61. The number of rotatable bonds is 4. The third-order valence-electron chi connectivity index (χ3n) is 4.59. The number of carbonyl (C=O) groups excluding carboxylic acids is 1. The van der Waals surface area contributed by atoms with Crippen molar-refractivity contribution in [2.45, 2.75) is 40.0 Å². The molecule has 0 unspecified atom stereocenters. The number of likely N-dealkylation sites (tertiary alicyclic amines) is 1. The predicted molar refractivity (Wildman–Crippen MR) is 76.8 cm³/mol. The van der Waals surface area contributed by atoms with Crippen molar-refractivity contribution in [3.8, 4) is 0 Å². The van der Waals surface area contributed by atoms with Gasteiger partial charge in [-0.15, -0.1) is 0 Å². The first-order chi connectivity index (χ1) is 9.06. The van der Waals surface area contributed by atoms with E-state index < -0.39 is 0 Å². The molecule has 3 atom stereocenters. The average Bonchev–Trinajstić information content (AvgIpc) is 2.80. The Labute approximate surface area is 117 Å². The minimum atomic E-state index is -0.0485. The molecule has 108 valence electrons. The van der Waals surface area contributed by atoms with Crippen molar-refractivity contribution < 1.29 is 9.53 Å². The number of hydrogen-bond acceptors (Lipinski definition) is 3. The summed E-state index contributed by atoms with van der Waals surface area (Å²) in [4.78, 5) is 14.0. The fraction of sp³-hybridized carbons (Fsp3) is 0.812. The second-order valence-corrected chi connectivity index (χ2v) is 6.38. The molecule has 2 rings (SSSR count). The summed E-state index contributed by atoms with van der Waals surface area (Å²) < 4.78 is 5.51. The van der Waals surface area contributed by atoms with Crippen molar-refractivity contribution in [3.63, 3.8) is 0 Å². The number of allylic oxidation sites excluding steroid dienone is 2. The molecule has 1 heterocycles. The average molecular weight is 265 g/mol. The molecule has 19 heavy (non-hydrogen) atoms. The van der Waals surface area contributed by atoms with Crippen LogP contribution in [0.3, 0.4) is 0 Å². The van der Waals surface area contributed by atoms with Crippen molar-refractivity contribution in [1.29, 1.82) is 0 Å². The van der Waals surface area contributed by atoms with Crippen molar-refractivity contribution in [2.75, 3.05) is 26.2 Å². The van der Waals surface area contributed by atoms with E-state index in [1.54, 1.807) is 0 Å². The Morgan fingerprint density at radius 1 is 1.37 bits per heavy atom. The molecule has 1 aliphatic heterocycles. The fourth-order valence-electron chi connectivity index (χ4n) is 3.49. The van der Waals surface area contributed by atoms with Crippen LogP contribution < -0.4 is 0 Å². The molecule has 1 aliphatic carbocycles. The van der Waals surface area contributed by atoms with Crippen molar-refractivity contribution in [2.24, 2.45) is 17.8 Å². The Bertz CT molecular complexity index is 345. The van der Waals surface area contributed by atoms with Gasteiger partial charge in [-0.05, 0) is 51.1 Å². The number of esters is 1. The molecule has 3 nitrogen and oxygen atoms in total. The summed E-state index contributed by atoms with van der Waals surface area (Å²) in [5.41, 5.74) is 1.47. The lowest BCUT2D eigenvalue weighted by atomic mass is 9.75.